The van der Waals surface area contributed by atoms with E-state index in [1.54, 1.807) is 17.2 Å². The number of piperidine rings is 1. The number of hydrogen-bond donors (Lipinski definition) is 0. The third-order valence-electron chi connectivity index (χ3n) is 6.40. The number of anilines is 1. The molecule has 30 heavy (non-hydrogen) atoms. The monoisotopic (exact) mass is 409 g/mol. The molecule has 7 heteroatoms. The summed E-state index contributed by atoms with van der Waals surface area (Å²) in [6.07, 6.45) is 9.17. The summed E-state index contributed by atoms with van der Waals surface area (Å²) in [7, 11) is 0. The van der Waals surface area contributed by atoms with Crippen LogP contribution in [0.3, 0.4) is 0 Å². The van der Waals surface area contributed by atoms with Crippen LogP contribution in [-0.4, -0.2) is 40.7 Å². The zero-order chi connectivity index (χ0) is 20.9. The lowest BCUT2D eigenvalue weighted by molar-refractivity contribution is -0.140. The summed E-state index contributed by atoms with van der Waals surface area (Å²) in [6.45, 7) is 1.24. The molecule has 0 bridgehead atoms. The predicted molar refractivity (Wildman–Crippen MR) is 106 cm³/mol. The fraction of sp³-hybridized carbons (Fsp3) is 0.391. The Bertz CT molecular complexity index is 1020. The summed E-state index contributed by atoms with van der Waals surface area (Å²) in [6, 6.07) is 6.74. The van der Waals surface area contributed by atoms with Crippen molar-refractivity contribution in [2.45, 2.75) is 43.6 Å². The Morgan fingerprint density at radius 3 is 2.57 bits per heavy atom. The zero-order valence-electron chi connectivity index (χ0n) is 16.4. The number of benzene rings is 1. The lowest BCUT2D eigenvalue weighted by atomic mass is 9.89. The van der Waals surface area contributed by atoms with Crippen LogP contribution in [0.5, 0.6) is 0 Å². The predicted octanol–water partition coefficient (Wildman–Crippen LogP) is 3.40. The molecule has 1 spiro atoms. The zero-order valence-corrected chi connectivity index (χ0v) is 16.4. The molecule has 0 aliphatic carbocycles. The van der Waals surface area contributed by atoms with Crippen molar-refractivity contribution < 1.29 is 18.3 Å². The molecule has 0 unspecified atom stereocenters. The van der Waals surface area contributed by atoms with Crippen LogP contribution in [0.1, 0.15) is 42.9 Å². The average molecular weight is 409 g/mol. The van der Waals surface area contributed by atoms with Gasteiger partial charge in [-0.25, -0.2) is 13.8 Å². The van der Waals surface area contributed by atoms with E-state index in [-0.39, 0.29) is 18.2 Å². The van der Waals surface area contributed by atoms with Gasteiger partial charge in [-0.2, -0.15) is 0 Å². The second-order valence-electron chi connectivity index (χ2n) is 8.11. The van der Waals surface area contributed by atoms with E-state index >= 15 is 0 Å². The number of amides is 1. The molecule has 2 aromatic rings. The van der Waals surface area contributed by atoms with Gasteiger partial charge in [-0.3, -0.25) is 4.79 Å². The maximum Gasteiger partial charge on any atom is 0.257 e. The summed E-state index contributed by atoms with van der Waals surface area (Å²) < 4.78 is 33.7. The third-order valence-corrected chi connectivity index (χ3v) is 6.40. The highest BCUT2D eigenvalue weighted by Crippen LogP contribution is 2.48. The minimum absolute atomic E-state index is 0.0790. The number of carbonyl (C=O) groups is 1. The molecule has 5 rings (SSSR count). The number of rotatable bonds is 2. The van der Waals surface area contributed by atoms with Gasteiger partial charge in [0.1, 0.15) is 23.7 Å². The summed E-state index contributed by atoms with van der Waals surface area (Å²) in [5.74, 6) is 2.06. The Morgan fingerprint density at radius 2 is 1.87 bits per heavy atom. The first-order valence-electron chi connectivity index (χ1n) is 10.1. The average Bonchev–Trinajstić information content (AvgIpc) is 3.26. The van der Waals surface area contributed by atoms with Crippen molar-refractivity contribution in [2.24, 2.45) is 0 Å². The van der Waals surface area contributed by atoms with Crippen molar-refractivity contribution in [3.63, 3.8) is 0 Å². The summed E-state index contributed by atoms with van der Waals surface area (Å²) >= 11 is 0. The molecule has 3 aliphatic rings. The molecule has 3 aliphatic heterocycles. The second-order valence-corrected chi connectivity index (χ2v) is 8.11. The molecule has 0 saturated carbocycles. The topological polar surface area (TPSA) is 45.7 Å². The lowest BCUT2D eigenvalue weighted by Crippen LogP contribution is -2.50. The van der Waals surface area contributed by atoms with E-state index in [4.69, 9.17) is 11.2 Å². The SMILES string of the molecule is C#Cc1ccnc(N2CCC3(CC2)O[C@@H]2CC[C@@H](c4cc(F)cc(F)c4)N2C3=O)c1. The quantitative estimate of drug-likeness (QED) is 0.714. The van der Waals surface area contributed by atoms with E-state index in [0.29, 0.717) is 44.3 Å². The van der Waals surface area contributed by atoms with Gasteiger partial charge < -0.3 is 14.5 Å². The van der Waals surface area contributed by atoms with Crippen LogP contribution in [0.15, 0.2) is 36.5 Å². The van der Waals surface area contributed by atoms with Gasteiger partial charge in [-0.05, 0) is 42.7 Å². The highest BCUT2D eigenvalue weighted by molar-refractivity contribution is 5.88. The minimum atomic E-state index is -0.880. The molecule has 0 N–H and O–H groups in total. The van der Waals surface area contributed by atoms with Crippen LogP contribution in [0, 0.1) is 24.0 Å². The number of hydrogen-bond acceptors (Lipinski definition) is 4. The fourth-order valence-corrected chi connectivity index (χ4v) is 4.92. The largest absolute Gasteiger partial charge is 0.356 e. The summed E-state index contributed by atoms with van der Waals surface area (Å²) in [4.78, 5) is 21.6. The van der Waals surface area contributed by atoms with E-state index in [0.717, 1.165) is 17.4 Å². The molecule has 0 radical (unpaired) electrons. The van der Waals surface area contributed by atoms with Gasteiger partial charge in [-0.15, -0.1) is 6.42 Å². The van der Waals surface area contributed by atoms with Crippen molar-refractivity contribution in [3.05, 3.63) is 59.3 Å². The number of nitrogens with zero attached hydrogens (tertiary/aromatic N) is 3. The fourth-order valence-electron chi connectivity index (χ4n) is 4.92. The number of terminal acetylenes is 1. The number of ether oxygens (including phenoxy) is 1. The van der Waals surface area contributed by atoms with Gasteiger partial charge in [0.2, 0.25) is 0 Å². The normalized spacial score (nSPS) is 24.9. The second kappa shape index (κ2) is 7.06. The minimum Gasteiger partial charge on any atom is -0.356 e. The van der Waals surface area contributed by atoms with Crippen LogP contribution in [0.4, 0.5) is 14.6 Å². The lowest BCUT2D eigenvalue weighted by Gasteiger charge is -2.38. The number of halogens is 2. The van der Waals surface area contributed by atoms with Crippen molar-refractivity contribution in [1.29, 1.82) is 0 Å². The molecule has 3 fully saturated rings. The van der Waals surface area contributed by atoms with E-state index in [2.05, 4.69) is 15.8 Å². The molecule has 1 aromatic heterocycles. The van der Waals surface area contributed by atoms with Gasteiger partial charge >= 0.3 is 0 Å². The molecular formula is C23H21F2N3O2. The van der Waals surface area contributed by atoms with Crippen molar-refractivity contribution in [2.75, 3.05) is 18.0 Å². The maximum atomic E-state index is 13.7. The Kier molecular flexibility index (Phi) is 4.48. The third kappa shape index (κ3) is 3.03. The smallest absolute Gasteiger partial charge is 0.257 e. The molecule has 1 amide bonds. The van der Waals surface area contributed by atoms with E-state index in [1.807, 2.05) is 6.07 Å². The van der Waals surface area contributed by atoms with Gasteiger partial charge in [0, 0.05) is 43.8 Å². The molecule has 154 valence electrons. The first-order valence-corrected chi connectivity index (χ1v) is 10.1. The molecule has 2 atom stereocenters. The summed E-state index contributed by atoms with van der Waals surface area (Å²) in [5.41, 5.74) is 0.367. The van der Waals surface area contributed by atoms with Crippen LogP contribution in [-0.2, 0) is 9.53 Å². The van der Waals surface area contributed by atoms with E-state index in [1.165, 1.54) is 12.1 Å². The highest BCUT2D eigenvalue weighted by Gasteiger charge is 2.58. The number of carbonyl (C=O) groups excluding carboxylic acids is 1. The van der Waals surface area contributed by atoms with Crippen molar-refractivity contribution >= 4 is 11.7 Å². The number of aromatic nitrogens is 1. The number of pyridine rings is 1. The standard InChI is InChI=1S/C23H21F2N3O2/c1-2-15-5-8-26-20(11-15)27-9-6-23(7-10-27)22(29)28-19(3-4-21(28)30-23)16-12-17(24)14-18(25)13-16/h1,5,8,11-14,19,21H,3-4,6-7,9-10H2/t19-,21+/m0/s1. The molecule has 1 aromatic carbocycles. The van der Waals surface area contributed by atoms with Gasteiger partial charge in [-0.1, -0.05) is 5.92 Å². The van der Waals surface area contributed by atoms with Crippen LogP contribution in [0.25, 0.3) is 0 Å². The Balaban J connectivity index is 1.34. The Morgan fingerprint density at radius 1 is 1.13 bits per heavy atom. The van der Waals surface area contributed by atoms with Crippen LogP contribution >= 0.6 is 0 Å². The Hall–Kier alpha value is -2.98. The van der Waals surface area contributed by atoms with Crippen LogP contribution < -0.4 is 4.90 Å². The summed E-state index contributed by atoms with van der Waals surface area (Å²) in [5, 5.41) is 0. The molecule has 5 nitrogen and oxygen atoms in total. The highest BCUT2D eigenvalue weighted by atomic mass is 19.1. The van der Waals surface area contributed by atoms with E-state index < -0.39 is 17.2 Å². The van der Waals surface area contributed by atoms with Gasteiger partial charge in [0.15, 0.2) is 5.60 Å². The van der Waals surface area contributed by atoms with Gasteiger partial charge in [0.25, 0.3) is 5.91 Å². The Labute approximate surface area is 173 Å². The first-order chi connectivity index (χ1) is 14.5. The first kappa shape index (κ1) is 19.0. The van der Waals surface area contributed by atoms with E-state index in [9.17, 15) is 13.6 Å². The van der Waals surface area contributed by atoms with Crippen molar-refractivity contribution in [1.82, 2.24) is 9.88 Å². The maximum absolute atomic E-state index is 13.7. The number of fused-ring (bicyclic) bond motifs is 1. The molecule has 3 saturated heterocycles. The van der Waals surface area contributed by atoms with Crippen LogP contribution in [0.2, 0.25) is 0 Å². The van der Waals surface area contributed by atoms with Gasteiger partial charge in [0.05, 0.1) is 6.04 Å². The molecule has 4 heterocycles. The molecular weight excluding hydrogens is 388 g/mol. The van der Waals surface area contributed by atoms with Crippen molar-refractivity contribution in [3.8, 4) is 12.3 Å².